The number of halogens is 1. The number of H-pyrrole nitrogens is 1. The number of aromatic amines is 1. The van der Waals surface area contributed by atoms with Crippen LogP contribution in [0.1, 0.15) is 5.56 Å². The van der Waals surface area contributed by atoms with Crippen LogP contribution in [0.3, 0.4) is 0 Å². The SMILES string of the molecule is Cc1c(Cl)cccc1N1CCn2c1nc1c2c(=O)[nH]c(=O)n1C. The maximum absolute atomic E-state index is 12.2. The van der Waals surface area contributed by atoms with Gasteiger partial charge in [0.1, 0.15) is 0 Å². The Morgan fingerprint density at radius 2 is 2.04 bits per heavy atom. The van der Waals surface area contributed by atoms with E-state index in [2.05, 4.69) is 9.97 Å². The van der Waals surface area contributed by atoms with Gasteiger partial charge in [0.2, 0.25) is 5.95 Å². The van der Waals surface area contributed by atoms with Crippen molar-refractivity contribution in [2.24, 2.45) is 7.05 Å². The van der Waals surface area contributed by atoms with Crippen molar-refractivity contribution in [2.45, 2.75) is 13.5 Å². The highest BCUT2D eigenvalue weighted by Gasteiger charge is 2.28. The van der Waals surface area contributed by atoms with E-state index >= 15 is 0 Å². The summed E-state index contributed by atoms with van der Waals surface area (Å²) in [6, 6.07) is 5.70. The van der Waals surface area contributed by atoms with Crippen molar-refractivity contribution in [1.82, 2.24) is 19.1 Å². The van der Waals surface area contributed by atoms with E-state index in [9.17, 15) is 9.59 Å². The van der Waals surface area contributed by atoms with Crippen LogP contribution >= 0.6 is 11.6 Å². The number of hydrogen-bond donors (Lipinski definition) is 1. The molecule has 7 nitrogen and oxygen atoms in total. The van der Waals surface area contributed by atoms with E-state index in [4.69, 9.17) is 11.6 Å². The van der Waals surface area contributed by atoms with Crippen molar-refractivity contribution in [3.63, 3.8) is 0 Å². The lowest BCUT2D eigenvalue weighted by Crippen LogP contribution is -2.29. The molecule has 0 aliphatic carbocycles. The Kier molecular flexibility index (Phi) is 2.89. The lowest BCUT2D eigenvalue weighted by molar-refractivity contribution is 0.797. The smallest absolute Gasteiger partial charge is 0.310 e. The van der Waals surface area contributed by atoms with Crippen molar-refractivity contribution >= 4 is 34.4 Å². The maximum Gasteiger partial charge on any atom is 0.329 e. The molecule has 2 aromatic heterocycles. The fourth-order valence-electron chi connectivity index (χ4n) is 3.06. The molecule has 3 heterocycles. The average molecular weight is 332 g/mol. The Balaban J connectivity index is 2.00. The summed E-state index contributed by atoms with van der Waals surface area (Å²) in [6.07, 6.45) is 0. The molecular weight excluding hydrogens is 318 g/mol. The van der Waals surface area contributed by atoms with Gasteiger partial charge in [-0.25, -0.2) is 4.79 Å². The molecule has 0 radical (unpaired) electrons. The molecule has 0 fully saturated rings. The lowest BCUT2D eigenvalue weighted by atomic mass is 10.2. The van der Waals surface area contributed by atoms with Crippen molar-refractivity contribution < 1.29 is 0 Å². The molecule has 0 spiro atoms. The van der Waals surface area contributed by atoms with Crippen LogP contribution in [0.2, 0.25) is 5.02 Å². The van der Waals surface area contributed by atoms with Crippen molar-refractivity contribution in [1.29, 1.82) is 0 Å². The van der Waals surface area contributed by atoms with Crippen LogP contribution in [-0.4, -0.2) is 25.6 Å². The Morgan fingerprint density at radius 3 is 2.83 bits per heavy atom. The molecule has 3 aromatic rings. The lowest BCUT2D eigenvalue weighted by Gasteiger charge is -2.19. The summed E-state index contributed by atoms with van der Waals surface area (Å²) < 4.78 is 3.19. The molecule has 0 unspecified atom stereocenters. The number of benzene rings is 1. The second-order valence-corrected chi connectivity index (χ2v) is 6.00. The van der Waals surface area contributed by atoms with Gasteiger partial charge < -0.3 is 9.47 Å². The number of anilines is 2. The highest BCUT2D eigenvalue weighted by atomic mass is 35.5. The van der Waals surface area contributed by atoms with Gasteiger partial charge in [-0.3, -0.25) is 14.3 Å². The third-order valence-electron chi connectivity index (χ3n) is 4.31. The Hall–Kier alpha value is -2.54. The second kappa shape index (κ2) is 4.73. The number of hydrogen-bond acceptors (Lipinski definition) is 4. The third kappa shape index (κ3) is 1.86. The van der Waals surface area contributed by atoms with E-state index in [1.54, 1.807) is 7.05 Å². The molecule has 1 aromatic carbocycles. The number of nitrogens with zero attached hydrogens (tertiary/aromatic N) is 4. The predicted octanol–water partition coefficient (Wildman–Crippen LogP) is 1.54. The van der Waals surface area contributed by atoms with Crippen LogP contribution in [-0.2, 0) is 13.6 Å². The van der Waals surface area contributed by atoms with E-state index in [0.717, 1.165) is 11.3 Å². The highest BCUT2D eigenvalue weighted by molar-refractivity contribution is 6.31. The molecule has 4 rings (SSSR count). The molecular formula is C15H14ClN5O2. The molecule has 1 aliphatic heterocycles. The summed E-state index contributed by atoms with van der Waals surface area (Å²) in [6.45, 7) is 3.27. The van der Waals surface area contributed by atoms with Gasteiger partial charge in [-0.15, -0.1) is 0 Å². The quantitative estimate of drug-likeness (QED) is 0.734. The van der Waals surface area contributed by atoms with Crippen LogP contribution in [0.4, 0.5) is 11.6 Å². The molecule has 0 bridgehead atoms. The van der Waals surface area contributed by atoms with Crippen molar-refractivity contribution in [3.05, 3.63) is 49.6 Å². The highest BCUT2D eigenvalue weighted by Crippen LogP contribution is 2.35. The molecule has 1 N–H and O–H groups in total. The first-order chi connectivity index (χ1) is 11.0. The second-order valence-electron chi connectivity index (χ2n) is 5.59. The fraction of sp³-hybridized carbons (Fsp3) is 0.267. The average Bonchev–Trinajstić information content (AvgIpc) is 3.07. The van der Waals surface area contributed by atoms with Crippen LogP contribution in [0, 0.1) is 6.92 Å². The molecule has 0 saturated carbocycles. The number of aryl methyl sites for hydroxylation is 1. The van der Waals surface area contributed by atoms with E-state index in [1.807, 2.05) is 34.6 Å². The first-order valence-corrected chi connectivity index (χ1v) is 7.59. The van der Waals surface area contributed by atoms with Crippen LogP contribution in [0.15, 0.2) is 27.8 Å². The van der Waals surface area contributed by atoms with E-state index in [-0.39, 0.29) is 0 Å². The molecule has 8 heteroatoms. The zero-order chi connectivity index (χ0) is 16.3. The minimum atomic E-state index is -0.468. The number of fused-ring (bicyclic) bond motifs is 3. The van der Waals surface area contributed by atoms with Gasteiger partial charge in [-0.1, -0.05) is 17.7 Å². The van der Waals surface area contributed by atoms with Gasteiger partial charge in [0, 0.05) is 30.8 Å². The molecule has 0 saturated heterocycles. The maximum atomic E-state index is 12.2. The number of rotatable bonds is 1. The Labute approximate surface area is 135 Å². The van der Waals surface area contributed by atoms with Gasteiger partial charge >= 0.3 is 5.69 Å². The summed E-state index contributed by atoms with van der Waals surface area (Å²) in [5, 5.41) is 0.683. The van der Waals surface area contributed by atoms with Gasteiger partial charge in [0.05, 0.1) is 0 Å². The first kappa shape index (κ1) is 14.1. The number of imidazole rings is 1. The molecule has 1 aliphatic rings. The molecule has 23 heavy (non-hydrogen) atoms. The zero-order valence-electron chi connectivity index (χ0n) is 12.6. The predicted molar refractivity (Wildman–Crippen MR) is 88.8 cm³/mol. The van der Waals surface area contributed by atoms with Crippen molar-refractivity contribution in [3.8, 4) is 0 Å². The monoisotopic (exact) mass is 331 g/mol. The van der Waals surface area contributed by atoms with E-state index in [0.29, 0.717) is 35.2 Å². The van der Waals surface area contributed by atoms with E-state index in [1.165, 1.54) is 4.57 Å². The summed E-state index contributed by atoms with van der Waals surface area (Å²) in [5.41, 5.74) is 1.84. The summed E-state index contributed by atoms with van der Waals surface area (Å²) in [7, 11) is 1.60. The van der Waals surface area contributed by atoms with Crippen LogP contribution in [0.5, 0.6) is 0 Å². The topological polar surface area (TPSA) is 75.9 Å². The number of aromatic nitrogens is 4. The molecule has 118 valence electrons. The minimum absolute atomic E-state index is 0.387. The minimum Gasteiger partial charge on any atom is -0.310 e. The fourth-order valence-corrected chi connectivity index (χ4v) is 3.23. The van der Waals surface area contributed by atoms with Crippen LogP contribution in [0.25, 0.3) is 11.2 Å². The Bertz CT molecular complexity index is 1060. The van der Waals surface area contributed by atoms with Gasteiger partial charge in [0.25, 0.3) is 5.56 Å². The zero-order valence-corrected chi connectivity index (χ0v) is 13.4. The molecule has 0 atom stereocenters. The molecule has 0 amide bonds. The summed E-state index contributed by atoms with van der Waals surface area (Å²) in [5.74, 6) is 0.650. The Morgan fingerprint density at radius 1 is 1.26 bits per heavy atom. The van der Waals surface area contributed by atoms with Gasteiger partial charge in [0.15, 0.2) is 11.2 Å². The normalized spacial score (nSPS) is 13.8. The largest absolute Gasteiger partial charge is 0.329 e. The number of nitrogens with one attached hydrogen (secondary N) is 1. The van der Waals surface area contributed by atoms with Gasteiger partial charge in [-0.05, 0) is 24.6 Å². The van der Waals surface area contributed by atoms with Crippen molar-refractivity contribution in [2.75, 3.05) is 11.4 Å². The summed E-state index contributed by atoms with van der Waals surface area (Å²) in [4.78, 5) is 32.8. The summed E-state index contributed by atoms with van der Waals surface area (Å²) >= 11 is 6.21. The van der Waals surface area contributed by atoms with Crippen LogP contribution < -0.4 is 16.1 Å². The third-order valence-corrected chi connectivity index (χ3v) is 4.71. The first-order valence-electron chi connectivity index (χ1n) is 7.21. The standard InChI is InChI=1S/C15H14ClN5O2/c1-8-9(16)4-3-5-10(8)20-6-7-21-11-12(17-14(20)21)19(2)15(23)18-13(11)22/h3-5H,6-7H2,1-2H3,(H,18,22,23). The van der Waals surface area contributed by atoms with Gasteiger partial charge in [-0.2, -0.15) is 4.98 Å². The van der Waals surface area contributed by atoms with E-state index < -0.39 is 11.2 Å².